The van der Waals surface area contributed by atoms with Gasteiger partial charge in [-0.1, -0.05) is 0 Å². The molecule has 0 aliphatic carbocycles. The highest BCUT2D eigenvalue weighted by atomic mass is 79.9. The molecule has 19 heavy (non-hydrogen) atoms. The molecule has 0 bridgehead atoms. The quantitative estimate of drug-likeness (QED) is 0.799. The molecule has 4 heteroatoms. The standard InChI is InChI=1S/C15H19BrN2S/c1-3-18(4-2)14-7-5-13(6-8-14)17-10-12-9-15(16)19-11-12/h5-9,11,17H,3-4,10H2,1-2H3. The van der Waals surface area contributed by atoms with E-state index in [9.17, 15) is 0 Å². The minimum Gasteiger partial charge on any atom is -0.381 e. The van der Waals surface area contributed by atoms with Gasteiger partial charge in [0.2, 0.25) is 0 Å². The van der Waals surface area contributed by atoms with Gasteiger partial charge in [0, 0.05) is 31.0 Å². The Balaban J connectivity index is 1.95. The number of anilines is 2. The highest BCUT2D eigenvalue weighted by molar-refractivity contribution is 9.11. The van der Waals surface area contributed by atoms with Crippen molar-refractivity contribution < 1.29 is 0 Å². The van der Waals surface area contributed by atoms with E-state index in [0.717, 1.165) is 19.6 Å². The number of hydrogen-bond donors (Lipinski definition) is 1. The normalized spacial score (nSPS) is 10.5. The lowest BCUT2D eigenvalue weighted by molar-refractivity contribution is 0.866. The van der Waals surface area contributed by atoms with Crippen LogP contribution in [0.5, 0.6) is 0 Å². The van der Waals surface area contributed by atoms with Crippen LogP contribution in [-0.2, 0) is 6.54 Å². The largest absolute Gasteiger partial charge is 0.381 e. The molecule has 2 rings (SSSR count). The Morgan fingerprint density at radius 1 is 1.16 bits per heavy atom. The van der Waals surface area contributed by atoms with Gasteiger partial charge in [-0.25, -0.2) is 0 Å². The van der Waals surface area contributed by atoms with Gasteiger partial charge in [-0.15, -0.1) is 11.3 Å². The maximum Gasteiger partial charge on any atom is 0.0701 e. The second-order valence-electron chi connectivity index (χ2n) is 4.33. The van der Waals surface area contributed by atoms with Crippen LogP contribution in [0.2, 0.25) is 0 Å². The minimum absolute atomic E-state index is 0.868. The van der Waals surface area contributed by atoms with Crippen LogP contribution < -0.4 is 10.2 Å². The van der Waals surface area contributed by atoms with Crippen LogP contribution in [0.3, 0.4) is 0 Å². The molecule has 0 fully saturated rings. The Kier molecular flexibility index (Phi) is 5.28. The molecule has 0 aliphatic heterocycles. The van der Waals surface area contributed by atoms with Gasteiger partial charge in [-0.3, -0.25) is 0 Å². The van der Waals surface area contributed by atoms with E-state index in [1.807, 2.05) is 0 Å². The van der Waals surface area contributed by atoms with Crippen molar-refractivity contribution in [2.24, 2.45) is 0 Å². The minimum atomic E-state index is 0.868. The number of benzene rings is 1. The first-order chi connectivity index (χ1) is 9.22. The third kappa shape index (κ3) is 3.98. The molecule has 1 N–H and O–H groups in total. The number of hydrogen-bond acceptors (Lipinski definition) is 3. The Morgan fingerprint density at radius 3 is 2.37 bits per heavy atom. The molecule has 0 radical (unpaired) electrons. The highest BCUT2D eigenvalue weighted by Gasteiger charge is 2.01. The lowest BCUT2D eigenvalue weighted by Gasteiger charge is -2.21. The van der Waals surface area contributed by atoms with E-state index in [4.69, 9.17) is 0 Å². The van der Waals surface area contributed by atoms with E-state index >= 15 is 0 Å². The second-order valence-corrected chi connectivity index (χ2v) is 6.62. The molecular formula is C15H19BrN2S. The van der Waals surface area contributed by atoms with Crippen molar-refractivity contribution in [2.75, 3.05) is 23.3 Å². The van der Waals surface area contributed by atoms with Crippen molar-refractivity contribution in [2.45, 2.75) is 20.4 Å². The Bertz CT molecular complexity index is 503. The summed E-state index contributed by atoms with van der Waals surface area (Å²) in [4.78, 5) is 2.35. The van der Waals surface area contributed by atoms with Gasteiger partial charge >= 0.3 is 0 Å². The maximum absolute atomic E-state index is 3.48. The zero-order chi connectivity index (χ0) is 13.7. The molecule has 0 saturated heterocycles. The van der Waals surface area contributed by atoms with Crippen molar-refractivity contribution in [3.63, 3.8) is 0 Å². The summed E-state index contributed by atoms with van der Waals surface area (Å²) in [6.07, 6.45) is 0. The molecule has 2 nitrogen and oxygen atoms in total. The summed E-state index contributed by atoms with van der Waals surface area (Å²) in [5.74, 6) is 0. The molecule has 1 heterocycles. The van der Waals surface area contributed by atoms with Gasteiger partial charge in [0.1, 0.15) is 0 Å². The van der Waals surface area contributed by atoms with E-state index in [1.165, 1.54) is 20.7 Å². The van der Waals surface area contributed by atoms with E-state index in [1.54, 1.807) is 11.3 Å². The smallest absolute Gasteiger partial charge is 0.0701 e. The van der Waals surface area contributed by atoms with Gasteiger partial charge < -0.3 is 10.2 Å². The summed E-state index contributed by atoms with van der Waals surface area (Å²) in [6.45, 7) is 7.33. The predicted octanol–water partition coefficient (Wildman–Crippen LogP) is 4.97. The van der Waals surface area contributed by atoms with E-state index in [0.29, 0.717) is 0 Å². The molecule has 0 aliphatic rings. The van der Waals surface area contributed by atoms with Gasteiger partial charge in [-0.05, 0) is 71.1 Å². The van der Waals surface area contributed by atoms with Crippen molar-refractivity contribution >= 4 is 38.6 Å². The van der Waals surface area contributed by atoms with Crippen molar-refractivity contribution in [3.8, 4) is 0 Å². The zero-order valence-electron chi connectivity index (χ0n) is 11.3. The van der Waals surface area contributed by atoms with Crippen LogP contribution in [0.15, 0.2) is 39.5 Å². The molecular weight excluding hydrogens is 320 g/mol. The lowest BCUT2D eigenvalue weighted by Crippen LogP contribution is -2.21. The van der Waals surface area contributed by atoms with Crippen LogP contribution in [0.4, 0.5) is 11.4 Å². The fraction of sp³-hybridized carbons (Fsp3) is 0.333. The Labute approximate surface area is 127 Å². The molecule has 1 aromatic heterocycles. The van der Waals surface area contributed by atoms with Crippen LogP contribution in [0.25, 0.3) is 0 Å². The molecule has 0 atom stereocenters. The fourth-order valence-electron chi connectivity index (χ4n) is 2.02. The summed E-state index contributed by atoms with van der Waals surface area (Å²) >= 11 is 5.21. The molecule has 0 spiro atoms. The fourth-order valence-corrected chi connectivity index (χ4v) is 3.23. The number of halogens is 1. The SMILES string of the molecule is CCN(CC)c1ccc(NCc2csc(Br)c2)cc1. The average Bonchev–Trinajstić information content (AvgIpc) is 2.85. The second kappa shape index (κ2) is 6.96. The molecule has 0 saturated carbocycles. The summed E-state index contributed by atoms with van der Waals surface area (Å²) in [7, 11) is 0. The first-order valence-electron chi connectivity index (χ1n) is 6.54. The van der Waals surface area contributed by atoms with E-state index in [-0.39, 0.29) is 0 Å². The van der Waals surface area contributed by atoms with Crippen molar-refractivity contribution in [3.05, 3.63) is 45.1 Å². The third-order valence-electron chi connectivity index (χ3n) is 3.11. The van der Waals surface area contributed by atoms with Gasteiger partial charge in [0.05, 0.1) is 3.79 Å². The Hall–Kier alpha value is -1.00. The van der Waals surface area contributed by atoms with Gasteiger partial charge in [0.15, 0.2) is 0 Å². The summed E-state index contributed by atoms with van der Waals surface area (Å²) in [5.41, 5.74) is 3.76. The first-order valence-corrected chi connectivity index (χ1v) is 8.22. The van der Waals surface area contributed by atoms with Crippen molar-refractivity contribution in [1.82, 2.24) is 0 Å². The van der Waals surface area contributed by atoms with Crippen LogP contribution >= 0.6 is 27.3 Å². The first kappa shape index (κ1) is 14.4. The molecule has 0 unspecified atom stereocenters. The molecule has 1 aromatic carbocycles. The number of thiophene rings is 1. The third-order valence-corrected chi connectivity index (χ3v) is 4.67. The molecule has 102 valence electrons. The Morgan fingerprint density at radius 2 is 1.84 bits per heavy atom. The maximum atomic E-state index is 3.48. The number of nitrogens with one attached hydrogen (secondary N) is 1. The van der Waals surface area contributed by atoms with Gasteiger partial charge in [0.25, 0.3) is 0 Å². The van der Waals surface area contributed by atoms with Crippen LogP contribution in [-0.4, -0.2) is 13.1 Å². The summed E-state index contributed by atoms with van der Waals surface area (Å²) < 4.78 is 1.18. The topological polar surface area (TPSA) is 15.3 Å². The van der Waals surface area contributed by atoms with Crippen molar-refractivity contribution in [1.29, 1.82) is 0 Å². The monoisotopic (exact) mass is 338 g/mol. The zero-order valence-corrected chi connectivity index (χ0v) is 13.7. The molecule has 2 aromatic rings. The van der Waals surface area contributed by atoms with Gasteiger partial charge in [-0.2, -0.15) is 0 Å². The summed E-state index contributed by atoms with van der Waals surface area (Å²) in [6, 6.07) is 10.8. The molecule has 0 amide bonds. The van der Waals surface area contributed by atoms with Crippen LogP contribution in [0, 0.1) is 0 Å². The van der Waals surface area contributed by atoms with E-state index in [2.05, 4.69) is 75.7 Å². The number of nitrogens with zero attached hydrogens (tertiary/aromatic N) is 1. The highest BCUT2D eigenvalue weighted by Crippen LogP contribution is 2.22. The average molecular weight is 339 g/mol. The predicted molar refractivity (Wildman–Crippen MR) is 89.3 cm³/mol. The lowest BCUT2D eigenvalue weighted by atomic mass is 10.2. The number of rotatable bonds is 6. The van der Waals surface area contributed by atoms with Crippen LogP contribution in [0.1, 0.15) is 19.4 Å². The van der Waals surface area contributed by atoms with E-state index < -0.39 is 0 Å². The summed E-state index contributed by atoms with van der Waals surface area (Å²) in [5, 5.41) is 5.61.